The van der Waals surface area contributed by atoms with Crippen molar-refractivity contribution < 1.29 is 19.1 Å². The van der Waals surface area contributed by atoms with E-state index >= 15 is 0 Å². The van der Waals surface area contributed by atoms with Crippen molar-refractivity contribution in [3.05, 3.63) is 35.6 Å². The third-order valence-electron chi connectivity index (χ3n) is 2.74. The van der Waals surface area contributed by atoms with Crippen LogP contribution in [0.3, 0.4) is 0 Å². The first kappa shape index (κ1) is 17.1. The Balaban J connectivity index is 2.41. The van der Waals surface area contributed by atoms with Gasteiger partial charge >= 0.3 is 0 Å². The van der Waals surface area contributed by atoms with Crippen LogP contribution in [0.25, 0.3) is 0 Å². The van der Waals surface area contributed by atoms with Gasteiger partial charge in [0.2, 0.25) is 11.8 Å². The Bertz CT molecular complexity index is 512. The minimum atomic E-state index is -0.990. The maximum absolute atomic E-state index is 13.0. The van der Waals surface area contributed by atoms with E-state index in [0.29, 0.717) is 5.56 Å². The van der Waals surface area contributed by atoms with Crippen LogP contribution in [0.2, 0.25) is 0 Å². The van der Waals surface area contributed by atoms with Crippen molar-refractivity contribution >= 4 is 11.8 Å². The predicted molar refractivity (Wildman–Crippen MR) is 77.0 cm³/mol. The largest absolute Gasteiger partial charge is 0.389 e. The van der Waals surface area contributed by atoms with Crippen LogP contribution in [0.4, 0.5) is 4.39 Å². The Kier molecular flexibility index (Phi) is 5.84. The van der Waals surface area contributed by atoms with E-state index in [4.69, 9.17) is 0 Å². The van der Waals surface area contributed by atoms with Gasteiger partial charge in [0.15, 0.2) is 0 Å². The van der Waals surface area contributed by atoms with Gasteiger partial charge in [-0.15, -0.1) is 0 Å². The fourth-order valence-electron chi connectivity index (χ4n) is 1.87. The number of nitrogens with one attached hydrogen (secondary N) is 1. The van der Waals surface area contributed by atoms with Crippen LogP contribution < -0.4 is 5.32 Å². The molecule has 6 heteroatoms. The molecule has 0 aliphatic heterocycles. The summed E-state index contributed by atoms with van der Waals surface area (Å²) in [7, 11) is 1.55. The third kappa shape index (κ3) is 6.85. The summed E-state index contributed by atoms with van der Waals surface area (Å²) < 4.78 is 13.0. The van der Waals surface area contributed by atoms with Gasteiger partial charge in [0.25, 0.3) is 0 Å². The number of hydrogen-bond donors (Lipinski definition) is 2. The van der Waals surface area contributed by atoms with Crippen LogP contribution in [0.5, 0.6) is 0 Å². The topological polar surface area (TPSA) is 69.6 Å². The molecule has 0 saturated heterocycles. The molecule has 0 heterocycles. The molecule has 1 aromatic rings. The van der Waals surface area contributed by atoms with E-state index in [9.17, 15) is 19.1 Å². The van der Waals surface area contributed by atoms with E-state index in [1.165, 1.54) is 23.1 Å². The normalized spacial score (nSPS) is 11.1. The first-order valence-electron chi connectivity index (χ1n) is 6.65. The molecule has 1 aromatic carbocycles. The number of halogens is 1. The molecule has 2 N–H and O–H groups in total. The Morgan fingerprint density at radius 3 is 2.62 bits per heavy atom. The SMILES string of the molecule is CN(CC(C)(C)O)C(=O)CNC(=O)Cc1cccc(F)c1. The molecule has 2 amide bonds. The fraction of sp³-hybridized carbons (Fsp3) is 0.467. The second-order valence-corrected chi connectivity index (χ2v) is 5.65. The van der Waals surface area contributed by atoms with E-state index in [2.05, 4.69) is 5.32 Å². The average Bonchev–Trinajstić information content (AvgIpc) is 2.33. The zero-order valence-corrected chi connectivity index (χ0v) is 12.5. The number of carbonyl (C=O) groups is 2. The van der Waals surface area contributed by atoms with Crippen molar-refractivity contribution in [2.75, 3.05) is 20.1 Å². The lowest BCUT2D eigenvalue weighted by molar-refractivity contribution is -0.133. The molecular weight excluding hydrogens is 275 g/mol. The fourth-order valence-corrected chi connectivity index (χ4v) is 1.87. The number of hydrogen-bond acceptors (Lipinski definition) is 3. The van der Waals surface area contributed by atoms with Gasteiger partial charge in [0.1, 0.15) is 5.82 Å². The Labute approximate surface area is 123 Å². The molecule has 0 atom stereocenters. The van der Waals surface area contributed by atoms with E-state index in [1.54, 1.807) is 27.0 Å². The second kappa shape index (κ2) is 7.17. The molecule has 0 aliphatic carbocycles. The number of amides is 2. The van der Waals surface area contributed by atoms with Crippen LogP contribution >= 0.6 is 0 Å². The van der Waals surface area contributed by atoms with E-state index in [0.717, 1.165) is 0 Å². The van der Waals surface area contributed by atoms with Crippen molar-refractivity contribution in [2.45, 2.75) is 25.9 Å². The number of aliphatic hydroxyl groups is 1. The molecule has 116 valence electrons. The molecule has 0 aromatic heterocycles. The highest BCUT2D eigenvalue weighted by Gasteiger charge is 2.19. The summed E-state index contributed by atoms with van der Waals surface area (Å²) in [6, 6.07) is 5.75. The van der Waals surface area contributed by atoms with Gasteiger partial charge < -0.3 is 15.3 Å². The van der Waals surface area contributed by atoms with E-state index in [-0.39, 0.29) is 31.3 Å². The highest BCUT2D eigenvalue weighted by atomic mass is 19.1. The summed E-state index contributed by atoms with van der Waals surface area (Å²) in [5.74, 6) is -1.06. The number of likely N-dealkylation sites (N-methyl/N-ethyl adjacent to an activating group) is 1. The lowest BCUT2D eigenvalue weighted by atomic mass is 10.1. The Morgan fingerprint density at radius 1 is 1.38 bits per heavy atom. The molecule has 5 nitrogen and oxygen atoms in total. The summed E-state index contributed by atoms with van der Waals surface area (Å²) in [6.07, 6.45) is 0.0141. The van der Waals surface area contributed by atoms with Crippen LogP contribution in [-0.4, -0.2) is 47.6 Å². The molecule has 0 fully saturated rings. The number of benzene rings is 1. The van der Waals surface area contributed by atoms with Gasteiger partial charge in [0.05, 0.1) is 18.6 Å². The van der Waals surface area contributed by atoms with Crippen molar-refractivity contribution in [2.24, 2.45) is 0 Å². The smallest absolute Gasteiger partial charge is 0.241 e. The maximum Gasteiger partial charge on any atom is 0.241 e. The lowest BCUT2D eigenvalue weighted by Crippen LogP contribution is -2.44. The van der Waals surface area contributed by atoms with E-state index in [1.807, 2.05) is 0 Å². The maximum atomic E-state index is 13.0. The monoisotopic (exact) mass is 296 g/mol. The van der Waals surface area contributed by atoms with Gasteiger partial charge in [-0.3, -0.25) is 9.59 Å². The number of carbonyl (C=O) groups excluding carboxylic acids is 2. The van der Waals surface area contributed by atoms with Crippen molar-refractivity contribution in [3.8, 4) is 0 Å². The van der Waals surface area contributed by atoms with Gasteiger partial charge in [0, 0.05) is 13.6 Å². The molecule has 0 radical (unpaired) electrons. The lowest BCUT2D eigenvalue weighted by Gasteiger charge is -2.25. The predicted octanol–water partition coefficient (Wildman–Crippen LogP) is 0.714. The summed E-state index contributed by atoms with van der Waals surface area (Å²) in [5.41, 5.74) is -0.444. The van der Waals surface area contributed by atoms with Gasteiger partial charge in [-0.2, -0.15) is 0 Å². The summed E-state index contributed by atoms with van der Waals surface area (Å²) in [4.78, 5) is 24.8. The van der Waals surface area contributed by atoms with Gasteiger partial charge in [-0.25, -0.2) is 4.39 Å². The second-order valence-electron chi connectivity index (χ2n) is 5.65. The summed E-state index contributed by atoms with van der Waals surface area (Å²) in [5, 5.41) is 12.1. The minimum Gasteiger partial charge on any atom is -0.389 e. The highest BCUT2D eigenvalue weighted by Crippen LogP contribution is 2.05. The standard InChI is InChI=1S/C15H21FN2O3/c1-15(2,21)10-18(3)14(20)9-17-13(19)8-11-5-4-6-12(16)7-11/h4-7,21H,8-10H2,1-3H3,(H,17,19). The van der Waals surface area contributed by atoms with Crippen LogP contribution in [0.15, 0.2) is 24.3 Å². The van der Waals surface area contributed by atoms with Gasteiger partial charge in [-0.1, -0.05) is 12.1 Å². The first-order chi connectivity index (χ1) is 9.67. The molecule has 1 rings (SSSR count). The Morgan fingerprint density at radius 2 is 2.05 bits per heavy atom. The highest BCUT2D eigenvalue weighted by molar-refractivity contribution is 5.85. The van der Waals surface area contributed by atoms with Crippen molar-refractivity contribution in [3.63, 3.8) is 0 Å². The van der Waals surface area contributed by atoms with Crippen molar-refractivity contribution in [1.82, 2.24) is 10.2 Å². The molecular formula is C15H21FN2O3. The van der Waals surface area contributed by atoms with E-state index < -0.39 is 11.4 Å². The zero-order chi connectivity index (χ0) is 16.0. The molecule has 0 spiro atoms. The average molecular weight is 296 g/mol. The molecule has 0 unspecified atom stereocenters. The third-order valence-corrected chi connectivity index (χ3v) is 2.74. The van der Waals surface area contributed by atoms with Gasteiger partial charge in [-0.05, 0) is 31.5 Å². The van der Waals surface area contributed by atoms with Crippen molar-refractivity contribution in [1.29, 1.82) is 0 Å². The zero-order valence-electron chi connectivity index (χ0n) is 12.5. The molecule has 0 aliphatic rings. The summed E-state index contributed by atoms with van der Waals surface area (Å²) in [6.45, 7) is 3.21. The molecule has 0 saturated carbocycles. The number of nitrogens with zero attached hydrogens (tertiary/aromatic N) is 1. The molecule has 0 bridgehead atoms. The Hall–Kier alpha value is -1.95. The van der Waals surface area contributed by atoms with Crippen LogP contribution in [-0.2, 0) is 16.0 Å². The molecule has 21 heavy (non-hydrogen) atoms. The van der Waals surface area contributed by atoms with Crippen LogP contribution in [0.1, 0.15) is 19.4 Å². The summed E-state index contributed by atoms with van der Waals surface area (Å²) >= 11 is 0. The number of rotatable bonds is 6. The quantitative estimate of drug-likeness (QED) is 0.812. The minimum absolute atomic E-state index is 0.0141. The van der Waals surface area contributed by atoms with Crippen LogP contribution in [0, 0.1) is 5.82 Å². The first-order valence-corrected chi connectivity index (χ1v) is 6.65.